The quantitative estimate of drug-likeness (QED) is 0.121. The highest BCUT2D eigenvalue weighted by Crippen LogP contribution is 2.61. The molecule has 3 aliphatic rings. The number of fused-ring (bicyclic) bond motifs is 5. The largest absolute Gasteiger partial charge is 0.352 e. The number of nitro benzene ring substituents is 1. The van der Waals surface area contributed by atoms with Gasteiger partial charge >= 0.3 is 0 Å². The molecule has 0 bridgehead atoms. The van der Waals surface area contributed by atoms with Gasteiger partial charge in [-0.1, -0.05) is 96.5 Å². The zero-order valence-electron chi connectivity index (χ0n) is 21.4. The van der Waals surface area contributed by atoms with E-state index in [-0.39, 0.29) is 22.8 Å². The van der Waals surface area contributed by atoms with Crippen LogP contribution in [0.25, 0.3) is 6.08 Å². The second-order valence-corrected chi connectivity index (χ2v) is 10.9. The average molecular weight is 561 g/mol. The average Bonchev–Trinajstić information content (AvgIpc) is 3.43. The maximum Gasteiger partial charge on any atom is 0.270 e. The van der Waals surface area contributed by atoms with Crippen LogP contribution in [0.4, 0.5) is 11.4 Å². The first kappa shape index (κ1) is 25.1. The summed E-state index contributed by atoms with van der Waals surface area (Å²) in [5.74, 6) is -2.16. The van der Waals surface area contributed by atoms with E-state index in [1.54, 1.807) is 48.5 Å². The van der Waals surface area contributed by atoms with Crippen molar-refractivity contribution in [3.63, 3.8) is 0 Å². The number of non-ortho nitro benzene ring substituents is 1. The number of hydrogen-bond donors (Lipinski definition) is 0. The molecule has 41 heavy (non-hydrogen) atoms. The zero-order valence-corrected chi connectivity index (χ0v) is 22.2. The predicted molar refractivity (Wildman–Crippen MR) is 155 cm³/mol. The fourth-order valence-corrected chi connectivity index (χ4v) is 7.18. The standard InChI is InChI=1S/C33H21ClN2O5/c34-25-14-5-4-13-24(25)28-29(30(37)20-9-7-10-21(18-20)36(40)41)35-26-15-6-1-8-19(26)16-17-27(35)33(28)31(38)22-11-2-3-12-23(22)32(33)39/h1-18,27-29H/t27-,28+,29-/m0/s1. The topological polar surface area (TPSA) is 97.6 Å². The Hall–Kier alpha value is -4.88. The summed E-state index contributed by atoms with van der Waals surface area (Å²) in [6.07, 6.45) is 3.71. The monoisotopic (exact) mass is 560 g/mol. The highest BCUT2D eigenvalue weighted by atomic mass is 35.5. The Kier molecular flexibility index (Phi) is 5.56. The first-order chi connectivity index (χ1) is 19.9. The Labute approximate surface area is 239 Å². The van der Waals surface area contributed by atoms with E-state index in [1.807, 2.05) is 41.3 Å². The molecule has 0 N–H and O–H groups in total. The van der Waals surface area contributed by atoms with Crippen molar-refractivity contribution in [2.45, 2.75) is 18.0 Å². The smallest absolute Gasteiger partial charge is 0.270 e. The third-order valence-electron chi connectivity index (χ3n) is 8.56. The van der Waals surface area contributed by atoms with Gasteiger partial charge in [0.05, 0.1) is 11.0 Å². The van der Waals surface area contributed by atoms with Gasteiger partial charge < -0.3 is 4.90 Å². The Bertz CT molecular complexity index is 1810. The minimum absolute atomic E-state index is 0.111. The SMILES string of the molecule is O=C(c1cccc([N+](=O)[O-])c1)[C@@H]1[C@@H](c2ccccc2Cl)C2(C(=O)c3ccccc3C2=O)[C@@H]2C=Cc3ccccc3N12. The molecule has 1 spiro atoms. The summed E-state index contributed by atoms with van der Waals surface area (Å²) in [6, 6.07) is 24.8. The van der Waals surface area contributed by atoms with E-state index in [0.29, 0.717) is 27.4 Å². The molecule has 4 aromatic rings. The summed E-state index contributed by atoms with van der Waals surface area (Å²) in [6.45, 7) is 0. The molecular weight excluding hydrogens is 540 g/mol. The molecule has 0 saturated carbocycles. The van der Waals surface area contributed by atoms with Crippen LogP contribution in [0.15, 0.2) is 103 Å². The first-order valence-corrected chi connectivity index (χ1v) is 13.5. The van der Waals surface area contributed by atoms with Gasteiger partial charge in [0.2, 0.25) is 0 Å². The molecule has 2 heterocycles. The lowest BCUT2D eigenvalue weighted by atomic mass is 9.64. The Morgan fingerprint density at radius 3 is 2.22 bits per heavy atom. The Balaban J connectivity index is 1.55. The molecule has 8 heteroatoms. The summed E-state index contributed by atoms with van der Waals surface area (Å²) in [7, 11) is 0. The van der Waals surface area contributed by atoms with Crippen LogP contribution >= 0.6 is 11.6 Å². The fourth-order valence-electron chi connectivity index (χ4n) is 6.93. The van der Waals surface area contributed by atoms with Crippen LogP contribution in [0.1, 0.15) is 48.1 Å². The van der Waals surface area contributed by atoms with Crippen molar-refractivity contribution < 1.29 is 19.3 Å². The molecule has 1 aliphatic carbocycles. The highest BCUT2D eigenvalue weighted by molar-refractivity contribution is 6.34. The maximum atomic E-state index is 14.7. The van der Waals surface area contributed by atoms with E-state index in [1.165, 1.54) is 24.3 Å². The van der Waals surface area contributed by atoms with Crippen LogP contribution in [0, 0.1) is 15.5 Å². The van der Waals surface area contributed by atoms with Gasteiger partial charge in [-0.15, -0.1) is 0 Å². The van der Waals surface area contributed by atoms with Crippen molar-refractivity contribution in [3.05, 3.63) is 146 Å². The Morgan fingerprint density at radius 1 is 0.854 bits per heavy atom. The molecule has 0 unspecified atom stereocenters. The lowest BCUT2D eigenvalue weighted by molar-refractivity contribution is -0.384. The van der Waals surface area contributed by atoms with E-state index in [9.17, 15) is 24.5 Å². The van der Waals surface area contributed by atoms with Crippen molar-refractivity contribution in [2.24, 2.45) is 5.41 Å². The van der Waals surface area contributed by atoms with Gasteiger partial charge in [-0.25, -0.2) is 0 Å². The first-order valence-electron chi connectivity index (χ1n) is 13.1. The third kappa shape index (κ3) is 3.36. The van der Waals surface area contributed by atoms with E-state index in [4.69, 9.17) is 11.6 Å². The lowest BCUT2D eigenvalue weighted by Gasteiger charge is -2.37. The number of Topliss-reactive ketones (excluding diaryl/α,β-unsaturated/α-hetero) is 3. The molecule has 1 fully saturated rings. The number of nitrogens with zero attached hydrogens (tertiary/aromatic N) is 2. The highest BCUT2D eigenvalue weighted by Gasteiger charge is 2.71. The number of halogens is 1. The molecule has 1 saturated heterocycles. The number of anilines is 1. The molecule has 7 rings (SSSR count). The second-order valence-electron chi connectivity index (χ2n) is 10.5. The van der Waals surface area contributed by atoms with Gasteiger partial charge in [-0.3, -0.25) is 24.5 Å². The van der Waals surface area contributed by atoms with Crippen LogP contribution in [0.2, 0.25) is 5.02 Å². The van der Waals surface area contributed by atoms with E-state index < -0.39 is 34.1 Å². The number of carbonyl (C=O) groups excluding carboxylic acids is 3. The molecule has 0 aromatic heterocycles. The van der Waals surface area contributed by atoms with Crippen LogP contribution in [0.5, 0.6) is 0 Å². The summed E-state index contributed by atoms with van der Waals surface area (Å²) < 4.78 is 0. The summed E-state index contributed by atoms with van der Waals surface area (Å²) in [5, 5.41) is 11.9. The Morgan fingerprint density at radius 2 is 1.51 bits per heavy atom. The van der Waals surface area contributed by atoms with Gasteiger partial charge in [0.25, 0.3) is 5.69 Å². The summed E-state index contributed by atoms with van der Waals surface area (Å²) >= 11 is 6.79. The zero-order chi connectivity index (χ0) is 28.5. The number of ketones is 3. The molecular formula is C33H21ClN2O5. The number of carbonyl (C=O) groups is 3. The number of para-hydroxylation sites is 1. The van der Waals surface area contributed by atoms with Crippen LogP contribution < -0.4 is 4.90 Å². The number of hydrogen-bond acceptors (Lipinski definition) is 6. The van der Waals surface area contributed by atoms with Crippen molar-refractivity contribution in [2.75, 3.05) is 4.90 Å². The van der Waals surface area contributed by atoms with Crippen LogP contribution in [-0.2, 0) is 0 Å². The van der Waals surface area contributed by atoms with Crippen LogP contribution in [-0.4, -0.2) is 34.4 Å². The van der Waals surface area contributed by atoms with Crippen LogP contribution in [0.3, 0.4) is 0 Å². The van der Waals surface area contributed by atoms with E-state index in [2.05, 4.69) is 0 Å². The fraction of sp³-hybridized carbons (Fsp3) is 0.121. The third-order valence-corrected chi connectivity index (χ3v) is 8.91. The molecule has 0 amide bonds. The summed E-state index contributed by atoms with van der Waals surface area (Å²) in [5.41, 5.74) is 0.816. The second kappa shape index (κ2) is 9.08. The summed E-state index contributed by atoms with van der Waals surface area (Å²) in [4.78, 5) is 56.8. The van der Waals surface area contributed by atoms with Crippen molar-refractivity contribution in [1.82, 2.24) is 0 Å². The van der Waals surface area contributed by atoms with Gasteiger partial charge in [0, 0.05) is 45.5 Å². The van der Waals surface area contributed by atoms with Crippen molar-refractivity contribution in [1.29, 1.82) is 0 Å². The number of benzene rings is 4. The number of rotatable bonds is 4. The van der Waals surface area contributed by atoms with Crippen molar-refractivity contribution >= 4 is 46.4 Å². The predicted octanol–water partition coefficient (Wildman–Crippen LogP) is 6.56. The maximum absolute atomic E-state index is 14.7. The molecule has 4 aromatic carbocycles. The molecule has 200 valence electrons. The van der Waals surface area contributed by atoms with Gasteiger partial charge in [0.15, 0.2) is 17.3 Å². The van der Waals surface area contributed by atoms with Gasteiger partial charge in [-0.2, -0.15) is 0 Å². The van der Waals surface area contributed by atoms with Crippen molar-refractivity contribution in [3.8, 4) is 0 Å². The molecule has 7 nitrogen and oxygen atoms in total. The van der Waals surface area contributed by atoms with E-state index in [0.717, 1.165) is 5.56 Å². The lowest BCUT2D eigenvalue weighted by Crippen LogP contribution is -2.48. The molecule has 3 atom stereocenters. The minimum atomic E-state index is -1.69. The molecule has 2 aliphatic heterocycles. The molecule has 0 radical (unpaired) electrons. The van der Waals surface area contributed by atoms with Gasteiger partial charge in [0.1, 0.15) is 11.5 Å². The van der Waals surface area contributed by atoms with E-state index >= 15 is 0 Å². The normalized spacial score (nSPS) is 21.5. The van der Waals surface area contributed by atoms with Gasteiger partial charge in [-0.05, 0) is 23.3 Å². The minimum Gasteiger partial charge on any atom is -0.352 e. The number of nitro groups is 1.